The normalized spacial score (nSPS) is 20.2. The van der Waals surface area contributed by atoms with Gasteiger partial charge in [-0.2, -0.15) is 0 Å². The smallest absolute Gasteiger partial charge is 0.124 e. The number of nitrogens with one attached hydrogen (secondary N) is 1. The van der Waals surface area contributed by atoms with Crippen LogP contribution in [0.1, 0.15) is 71.0 Å². The summed E-state index contributed by atoms with van der Waals surface area (Å²) >= 11 is 0. The molecule has 1 atom stereocenters. The van der Waals surface area contributed by atoms with Crippen LogP contribution in [0.2, 0.25) is 0 Å². The highest BCUT2D eigenvalue weighted by Gasteiger charge is 2.38. The third-order valence-corrected chi connectivity index (χ3v) is 4.82. The summed E-state index contributed by atoms with van der Waals surface area (Å²) in [5, 5.41) is 3.77. The largest absolute Gasteiger partial charge is 0.487 e. The van der Waals surface area contributed by atoms with Gasteiger partial charge in [0.05, 0.1) is 0 Å². The Morgan fingerprint density at radius 3 is 2.52 bits per heavy atom. The molecule has 1 N–H and O–H groups in total. The molecule has 1 unspecified atom stereocenters. The minimum atomic E-state index is -0.00459. The Hall–Kier alpha value is -1.02. The number of hydrogen-bond acceptors (Lipinski definition) is 2. The number of rotatable bonds is 6. The van der Waals surface area contributed by atoms with Gasteiger partial charge in [0.15, 0.2) is 0 Å². The highest BCUT2D eigenvalue weighted by atomic mass is 16.5. The number of benzene rings is 1. The van der Waals surface area contributed by atoms with Crippen LogP contribution in [-0.2, 0) is 6.42 Å². The van der Waals surface area contributed by atoms with Crippen LogP contribution in [0.5, 0.6) is 5.75 Å². The second-order valence-electron chi connectivity index (χ2n) is 6.78. The van der Waals surface area contributed by atoms with E-state index in [9.17, 15) is 0 Å². The molecule has 0 aliphatic carbocycles. The first-order chi connectivity index (χ1) is 10.0. The van der Waals surface area contributed by atoms with E-state index in [4.69, 9.17) is 4.74 Å². The van der Waals surface area contributed by atoms with E-state index < -0.39 is 0 Å². The van der Waals surface area contributed by atoms with Crippen molar-refractivity contribution in [1.29, 1.82) is 0 Å². The zero-order chi connectivity index (χ0) is 15.5. The van der Waals surface area contributed by atoms with E-state index in [1.54, 1.807) is 0 Å². The van der Waals surface area contributed by atoms with Gasteiger partial charge in [0, 0.05) is 18.0 Å². The SMILES string of the molecule is CCc1ccc2c(c1)C(NCC(C)C)CC(CC)(CC)O2. The molecule has 0 saturated carbocycles. The summed E-state index contributed by atoms with van der Waals surface area (Å²) in [5.41, 5.74) is 2.75. The van der Waals surface area contributed by atoms with Gasteiger partial charge in [-0.05, 0) is 43.4 Å². The quantitative estimate of drug-likeness (QED) is 0.806. The maximum atomic E-state index is 6.41. The van der Waals surface area contributed by atoms with E-state index in [-0.39, 0.29) is 5.60 Å². The minimum absolute atomic E-state index is 0.00459. The Morgan fingerprint density at radius 1 is 1.24 bits per heavy atom. The number of aryl methyl sites for hydroxylation is 1. The van der Waals surface area contributed by atoms with E-state index in [0.717, 1.165) is 38.0 Å². The zero-order valence-corrected chi connectivity index (χ0v) is 14.3. The van der Waals surface area contributed by atoms with Gasteiger partial charge in [0.2, 0.25) is 0 Å². The summed E-state index contributed by atoms with van der Waals surface area (Å²) in [7, 11) is 0. The van der Waals surface area contributed by atoms with Gasteiger partial charge in [-0.3, -0.25) is 0 Å². The van der Waals surface area contributed by atoms with Gasteiger partial charge in [0.25, 0.3) is 0 Å². The van der Waals surface area contributed by atoms with Crippen molar-refractivity contribution >= 4 is 0 Å². The fourth-order valence-electron chi connectivity index (χ4n) is 3.18. The van der Waals surface area contributed by atoms with Crippen molar-refractivity contribution in [2.45, 2.75) is 71.9 Å². The summed E-state index contributed by atoms with van der Waals surface area (Å²) in [6, 6.07) is 7.14. The van der Waals surface area contributed by atoms with Crippen LogP contribution in [-0.4, -0.2) is 12.1 Å². The molecule has 21 heavy (non-hydrogen) atoms. The average Bonchev–Trinajstić information content (AvgIpc) is 2.51. The van der Waals surface area contributed by atoms with E-state index in [2.05, 4.69) is 58.1 Å². The Kier molecular flexibility index (Phi) is 5.32. The van der Waals surface area contributed by atoms with Crippen molar-refractivity contribution in [1.82, 2.24) is 5.32 Å². The maximum absolute atomic E-state index is 6.41. The molecule has 1 aliphatic rings. The molecule has 2 rings (SSSR count). The number of hydrogen-bond donors (Lipinski definition) is 1. The van der Waals surface area contributed by atoms with Crippen molar-refractivity contribution in [2.75, 3.05) is 6.54 Å². The highest BCUT2D eigenvalue weighted by Crippen LogP contribution is 2.43. The molecule has 0 aromatic heterocycles. The molecular formula is C19H31NO. The molecule has 1 aromatic carbocycles. The highest BCUT2D eigenvalue weighted by molar-refractivity contribution is 5.42. The van der Waals surface area contributed by atoms with Gasteiger partial charge in [0.1, 0.15) is 11.4 Å². The van der Waals surface area contributed by atoms with Crippen molar-refractivity contribution in [3.8, 4) is 5.75 Å². The first kappa shape index (κ1) is 16.4. The van der Waals surface area contributed by atoms with Crippen LogP contribution in [0.25, 0.3) is 0 Å². The van der Waals surface area contributed by atoms with Gasteiger partial charge >= 0.3 is 0 Å². The van der Waals surface area contributed by atoms with Crippen LogP contribution < -0.4 is 10.1 Å². The van der Waals surface area contributed by atoms with E-state index in [1.165, 1.54) is 11.1 Å². The average molecular weight is 289 g/mol. The summed E-state index contributed by atoms with van der Waals surface area (Å²) in [6.45, 7) is 12.3. The van der Waals surface area contributed by atoms with Crippen LogP contribution >= 0.6 is 0 Å². The Bertz CT molecular complexity index is 463. The molecule has 1 aromatic rings. The maximum Gasteiger partial charge on any atom is 0.124 e. The van der Waals surface area contributed by atoms with Crippen LogP contribution in [0, 0.1) is 5.92 Å². The third kappa shape index (κ3) is 3.60. The molecular weight excluding hydrogens is 258 g/mol. The minimum Gasteiger partial charge on any atom is -0.487 e. The molecule has 0 radical (unpaired) electrons. The molecule has 2 nitrogen and oxygen atoms in total. The topological polar surface area (TPSA) is 21.3 Å². The lowest BCUT2D eigenvalue weighted by atomic mass is 9.83. The molecule has 118 valence electrons. The van der Waals surface area contributed by atoms with Gasteiger partial charge in [-0.15, -0.1) is 0 Å². The van der Waals surface area contributed by atoms with Crippen LogP contribution in [0.3, 0.4) is 0 Å². The number of ether oxygens (including phenoxy) is 1. The second-order valence-corrected chi connectivity index (χ2v) is 6.78. The first-order valence-electron chi connectivity index (χ1n) is 8.58. The van der Waals surface area contributed by atoms with Crippen LogP contribution in [0.15, 0.2) is 18.2 Å². The first-order valence-corrected chi connectivity index (χ1v) is 8.58. The number of fused-ring (bicyclic) bond motifs is 1. The Morgan fingerprint density at radius 2 is 1.95 bits per heavy atom. The lowest BCUT2D eigenvalue weighted by Gasteiger charge is -2.42. The standard InChI is InChI=1S/C19H31NO/c1-6-15-9-10-18-16(11-15)17(20-13-14(4)5)12-19(7-2,8-3)21-18/h9-11,14,17,20H,6-8,12-13H2,1-5H3. The monoisotopic (exact) mass is 289 g/mol. The molecule has 0 bridgehead atoms. The molecule has 0 spiro atoms. The fourth-order valence-corrected chi connectivity index (χ4v) is 3.18. The summed E-state index contributed by atoms with van der Waals surface area (Å²) in [5.74, 6) is 1.76. The van der Waals surface area contributed by atoms with E-state index in [0.29, 0.717) is 12.0 Å². The van der Waals surface area contributed by atoms with Crippen molar-refractivity contribution in [3.63, 3.8) is 0 Å². The third-order valence-electron chi connectivity index (χ3n) is 4.82. The Labute approximate surface area is 130 Å². The molecule has 2 heteroatoms. The van der Waals surface area contributed by atoms with Gasteiger partial charge in [-0.1, -0.05) is 46.8 Å². The van der Waals surface area contributed by atoms with Gasteiger partial charge < -0.3 is 10.1 Å². The van der Waals surface area contributed by atoms with Crippen molar-refractivity contribution < 1.29 is 4.74 Å². The molecule has 1 aliphatic heterocycles. The predicted octanol–water partition coefficient (Wildman–Crippen LogP) is 4.88. The molecule has 1 heterocycles. The molecule has 0 amide bonds. The zero-order valence-electron chi connectivity index (χ0n) is 14.3. The Balaban J connectivity index is 2.33. The second kappa shape index (κ2) is 6.83. The molecule has 0 fully saturated rings. The summed E-state index contributed by atoms with van der Waals surface area (Å²) in [4.78, 5) is 0. The van der Waals surface area contributed by atoms with Crippen molar-refractivity contribution in [2.24, 2.45) is 5.92 Å². The predicted molar refractivity (Wildman–Crippen MR) is 90.0 cm³/mol. The molecule has 0 saturated heterocycles. The summed E-state index contributed by atoms with van der Waals surface area (Å²) < 4.78 is 6.41. The van der Waals surface area contributed by atoms with Crippen LogP contribution in [0.4, 0.5) is 0 Å². The van der Waals surface area contributed by atoms with E-state index in [1.807, 2.05) is 0 Å². The lowest BCUT2D eigenvalue weighted by Crippen LogP contribution is -2.44. The van der Waals surface area contributed by atoms with E-state index >= 15 is 0 Å². The summed E-state index contributed by atoms with van der Waals surface area (Å²) in [6.07, 6.45) is 4.29. The lowest BCUT2D eigenvalue weighted by molar-refractivity contribution is 0.0224. The van der Waals surface area contributed by atoms with Gasteiger partial charge in [-0.25, -0.2) is 0 Å². The van der Waals surface area contributed by atoms with Crippen molar-refractivity contribution in [3.05, 3.63) is 29.3 Å². The fraction of sp³-hybridized carbons (Fsp3) is 0.684.